The van der Waals surface area contributed by atoms with E-state index >= 15 is 0 Å². The van der Waals surface area contributed by atoms with E-state index in [1.165, 1.54) is 40.8 Å². The van der Waals surface area contributed by atoms with Crippen LogP contribution in [0.25, 0.3) is 11.1 Å². The van der Waals surface area contributed by atoms with Crippen LogP contribution in [0.4, 0.5) is 5.69 Å². The first kappa shape index (κ1) is 11.8. The van der Waals surface area contributed by atoms with E-state index in [-0.39, 0.29) is 0 Å². The van der Waals surface area contributed by atoms with E-state index in [1.54, 1.807) is 0 Å². The van der Waals surface area contributed by atoms with E-state index < -0.39 is 0 Å². The highest BCUT2D eigenvalue weighted by molar-refractivity contribution is 5.70. The largest absolute Gasteiger partial charge is 0.490 e. The molecular formula is C18H19NO. The molecule has 4 rings (SSSR count). The van der Waals surface area contributed by atoms with Crippen molar-refractivity contribution in [1.82, 2.24) is 0 Å². The van der Waals surface area contributed by atoms with Crippen LogP contribution in [0.2, 0.25) is 0 Å². The summed E-state index contributed by atoms with van der Waals surface area (Å²) < 4.78 is 5.78. The third-order valence-electron chi connectivity index (χ3n) is 4.27. The van der Waals surface area contributed by atoms with Crippen LogP contribution in [-0.2, 0) is 12.8 Å². The number of anilines is 1. The minimum atomic E-state index is 0.313. The highest BCUT2D eigenvalue weighted by Crippen LogP contribution is 2.34. The molecule has 1 atom stereocenters. The SMILES string of the molecule is CC1Cc2cc(-c3ccc4c(c3)CCCN4)ccc2O1. The van der Waals surface area contributed by atoms with Crippen molar-refractivity contribution in [3.63, 3.8) is 0 Å². The lowest BCUT2D eigenvalue weighted by Gasteiger charge is -2.18. The Bertz CT molecular complexity index is 662. The van der Waals surface area contributed by atoms with Gasteiger partial charge in [0.05, 0.1) is 0 Å². The van der Waals surface area contributed by atoms with Gasteiger partial charge in [-0.3, -0.25) is 0 Å². The molecule has 0 spiro atoms. The fourth-order valence-corrected chi connectivity index (χ4v) is 3.26. The molecular weight excluding hydrogens is 246 g/mol. The second kappa shape index (κ2) is 4.55. The summed E-state index contributed by atoms with van der Waals surface area (Å²) in [5, 5.41) is 3.47. The quantitative estimate of drug-likeness (QED) is 0.840. The van der Waals surface area contributed by atoms with Crippen LogP contribution in [0.3, 0.4) is 0 Å². The Morgan fingerprint density at radius 3 is 2.75 bits per heavy atom. The zero-order valence-corrected chi connectivity index (χ0v) is 11.8. The first-order chi connectivity index (χ1) is 9.79. The van der Waals surface area contributed by atoms with Gasteiger partial charge < -0.3 is 10.1 Å². The normalized spacial score (nSPS) is 19.8. The average Bonchev–Trinajstić information content (AvgIpc) is 2.85. The summed E-state index contributed by atoms with van der Waals surface area (Å²) in [5.74, 6) is 1.06. The van der Waals surface area contributed by atoms with Crippen LogP contribution in [0, 0.1) is 0 Å². The predicted octanol–water partition coefficient (Wildman–Crippen LogP) is 4.04. The molecule has 1 N–H and O–H groups in total. The van der Waals surface area contributed by atoms with Crippen molar-refractivity contribution in [3.05, 3.63) is 47.5 Å². The van der Waals surface area contributed by atoms with Crippen molar-refractivity contribution >= 4 is 5.69 Å². The lowest BCUT2D eigenvalue weighted by atomic mass is 9.96. The van der Waals surface area contributed by atoms with Gasteiger partial charge in [-0.2, -0.15) is 0 Å². The van der Waals surface area contributed by atoms with Crippen molar-refractivity contribution in [2.75, 3.05) is 11.9 Å². The van der Waals surface area contributed by atoms with Crippen LogP contribution in [0.5, 0.6) is 5.75 Å². The highest BCUT2D eigenvalue weighted by Gasteiger charge is 2.19. The Labute approximate surface area is 119 Å². The molecule has 0 bridgehead atoms. The van der Waals surface area contributed by atoms with E-state index in [9.17, 15) is 0 Å². The maximum absolute atomic E-state index is 5.78. The second-order valence-corrected chi connectivity index (χ2v) is 5.86. The molecule has 102 valence electrons. The highest BCUT2D eigenvalue weighted by atomic mass is 16.5. The minimum Gasteiger partial charge on any atom is -0.490 e. The van der Waals surface area contributed by atoms with Gasteiger partial charge in [0.1, 0.15) is 11.9 Å². The Morgan fingerprint density at radius 2 is 1.85 bits per heavy atom. The summed E-state index contributed by atoms with van der Waals surface area (Å²) in [4.78, 5) is 0. The van der Waals surface area contributed by atoms with Gasteiger partial charge >= 0.3 is 0 Å². The Balaban J connectivity index is 1.73. The Hall–Kier alpha value is -1.96. The van der Waals surface area contributed by atoms with Gasteiger partial charge in [0, 0.05) is 18.7 Å². The van der Waals surface area contributed by atoms with E-state index in [0.717, 1.165) is 18.7 Å². The molecule has 2 aromatic rings. The van der Waals surface area contributed by atoms with E-state index in [1.807, 2.05) is 0 Å². The van der Waals surface area contributed by atoms with Gasteiger partial charge in [-0.15, -0.1) is 0 Å². The van der Waals surface area contributed by atoms with Gasteiger partial charge in [-0.1, -0.05) is 12.1 Å². The third kappa shape index (κ3) is 1.96. The number of ether oxygens (including phenoxy) is 1. The number of hydrogen-bond donors (Lipinski definition) is 1. The van der Waals surface area contributed by atoms with Gasteiger partial charge in [0.25, 0.3) is 0 Å². The molecule has 2 heterocycles. The zero-order valence-electron chi connectivity index (χ0n) is 11.8. The van der Waals surface area contributed by atoms with E-state index in [4.69, 9.17) is 4.74 Å². The number of benzene rings is 2. The molecule has 2 aliphatic heterocycles. The molecule has 0 saturated carbocycles. The molecule has 1 unspecified atom stereocenters. The fourth-order valence-electron chi connectivity index (χ4n) is 3.26. The lowest BCUT2D eigenvalue weighted by Crippen LogP contribution is -2.11. The molecule has 2 aromatic carbocycles. The smallest absolute Gasteiger partial charge is 0.123 e. The van der Waals surface area contributed by atoms with Crippen molar-refractivity contribution in [3.8, 4) is 16.9 Å². The molecule has 0 saturated heterocycles. The molecule has 20 heavy (non-hydrogen) atoms. The first-order valence-electron chi connectivity index (χ1n) is 7.46. The number of fused-ring (bicyclic) bond motifs is 2. The van der Waals surface area contributed by atoms with Crippen LogP contribution in [-0.4, -0.2) is 12.6 Å². The summed E-state index contributed by atoms with van der Waals surface area (Å²) in [6.45, 7) is 3.23. The summed E-state index contributed by atoms with van der Waals surface area (Å²) in [7, 11) is 0. The number of nitrogens with one attached hydrogen (secondary N) is 1. The molecule has 2 nitrogen and oxygen atoms in total. The zero-order chi connectivity index (χ0) is 13.5. The van der Waals surface area contributed by atoms with Gasteiger partial charge in [0.2, 0.25) is 0 Å². The molecule has 2 heteroatoms. The van der Waals surface area contributed by atoms with Crippen molar-refractivity contribution in [2.45, 2.75) is 32.3 Å². The number of hydrogen-bond acceptors (Lipinski definition) is 2. The molecule has 0 amide bonds. The molecule has 0 aliphatic carbocycles. The molecule has 0 fully saturated rings. The van der Waals surface area contributed by atoms with Crippen LogP contribution < -0.4 is 10.1 Å². The molecule has 0 radical (unpaired) electrons. The van der Waals surface area contributed by atoms with E-state index in [0.29, 0.717) is 6.10 Å². The second-order valence-electron chi connectivity index (χ2n) is 5.86. The van der Waals surface area contributed by atoms with Gasteiger partial charge in [0.15, 0.2) is 0 Å². The topological polar surface area (TPSA) is 21.3 Å². The summed E-state index contributed by atoms with van der Waals surface area (Å²) in [5.41, 5.74) is 6.70. The Morgan fingerprint density at radius 1 is 1.05 bits per heavy atom. The lowest BCUT2D eigenvalue weighted by molar-refractivity contribution is 0.254. The maximum atomic E-state index is 5.78. The van der Waals surface area contributed by atoms with E-state index in [2.05, 4.69) is 48.6 Å². The predicted molar refractivity (Wildman–Crippen MR) is 82.5 cm³/mol. The fraction of sp³-hybridized carbons (Fsp3) is 0.333. The van der Waals surface area contributed by atoms with Gasteiger partial charge in [-0.05, 0) is 66.3 Å². The standard InChI is InChI=1S/C18H19NO/c1-12-9-16-11-14(5-7-18(16)20-12)13-4-6-17-15(10-13)3-2-8-19-17/h4-7,10-12,19H,2-3,8-9H2,1H3. The average molecular weight is 265 g/mol. The van der Waals surface area contributed by atoms with Crippen molar-refractivity contribution < 1.29 is 4.74 Å². The Kier molecular flexibility index (Phi) is 2.69. The summed E-state index contributed by atoms with van der Waals surface area (Å²) in [6, 6.07) is 13.4. The van der Waals surface area contributed by atoms with Crippen molar-refractivity contribution in [1.29, 1.82) is 0 Å². The minimum absolute atomic E-state index is 0.313. The number of rotatable bonds is 1. The number of aryl methyl sites for hydroxylation is 1. The third-order valence-corrected chi connectivity index (χ3v) is 4.27. The maximum Gasteiger partial charge on any atom is 0.123 e. The molecule has 2 aliphatic rings. The van der Waals surface area contributed by atoms with Crippen LogP contribution in [0.1, 0.15) is 24.5 Å². The summed E-state index contributed by atoms with van der Waals surface area (Å²) in [6.07, 6.45) is 3.75. The summed E-state index contributed by atoms with van der Waals surface area (Å²) >= 11 is 0. The molecule has 0 aromatic heterocycles. The van der Waals surface area contributed by atoms with Gasteiger partial charge in [-0.25, -0.2) is 0 Å². The monoisotopic (exact) mass is 265 g/mol. The van der Waals surface area contributed by atoms with Crippen LogP contribution >= 0.6 is 0 Å². The van der Waals surface area contributed by atoms with Crippen LogP contribution in [0.15, 0.2) is 36.4 Å². The van der Waals surface area contributed by atoms with Crippen molar-refractivity contribution in [2.24, 2.45) is 0 Å². The first-order valence-corrected chi connectivity index (χ1v) is 7.46.